The Hall–Kier alpha value is -1.14. The molecular formula is C11H22N4O2. The van der Waals surface area contributed by atoms with Gasteiger partial charge in [0, 0.05) is 32.6 Å². The van der Waals surface area contributed by atoms with E-state index in [-0.39, 0.29) is 11.8 Å². The van der Waals surface area contributed by atoms with Crippen LogP contribution in [0.25, 0.3) is 0 Å². The van der Waals surface area contributed by atoms with Crippen molar-refractivity contribution in [3.8, 4) is 0 Å². The van der Waals surface area contributed by atoms with Gasteiger partial charge in [-0.25, -0.2) is 0 Å². The number of nitrogens with one attached hydrogen (secondary N) is 1. The smallest absolute Gasteiger partial charge is 0.236 e. The Bertz CT molecular complexity index is 262. The number of primary amides is 1. The summed E-state index contributed by atoms with van der Waals surface area (Å²) in [6, 6.07) is 0. The van der Waals surface area contributed by atoms with Crippen LogP contribution in [0.2, 0.25) is 0 Å². The van der Waals surface area contributed by atoms with Crippen LogP contribution in [0.1, 0.15) is 12.8 Å². The minimum atomic E-state index is -0.294. The highest BCUT2D eigenvalue weighted by Crippen LogP contribution is 1.98. The summed E-state index contributed by atoms with van der Waals surface area (Å²) in [4.78, 5) is 26.3. The molecule has 2 amide bonds. The van der Waals surface area contributed by atoms with Crippen molar-refractivity contribution in [1.29, 1.82) is 0 Å². The van der Waals surface area contributed by atoms with Crippen LogP contribution < -0.4 is 11.1 Å². The van der Waals surface area contributed by atoms with E-state index in [4.69, 9.17) is 5.73 Å². The number of rotatable bonds is 6. The molecule has 6 heteroatoms. The Labute approximate surface area is 102 Å². The Morgan fingerprint density at radius 1 is 1.24 bits per heavy atom. The van der Waals surface area contributed by atoms with Gasteiger partial charge in [-0.05, 0) is 20.0 Å². The van der Waals surface area contributed by atoms with Crippen LogP contribution in [-0.4, -0.2) is 67.9 Å². The standard InChI is InChI=1S/C11H22N4O2/c1-14-5-7-15(8-6-14)11(17)9-13-4-2-3-10(12)16/h13H,2-9H2,1H3,(H2,12,16). The molecule has 0 unspecified atom stereocenters. The Kier molecular flexibility index (Phi) is 5.93. The lowest BCUT2D eigenvalue weighted by molar-refractivity contribution is -0.131. The number of nitrogens with zero attached hydrogens (tertiary/aromatic N) is 2. The average molecular weight is 242 g/mol. The molecule has 0 aromatic carbocycles. The zero-order valence-electron chi connectivity index (χ0n) is 10.4. The first kappa shape index (κ1) is 13.9. The molecule has 1 fully saturated rings. The van der Waals surface area contributed by atoms with Gasteiger partial charge in [0.15, 0.2) is 0 Å². The number of piperazine rings is 1. The quantitative estimate of drug-likeness (QED) is 0.562. The van der Waals surface area contributed by atoms with E-state index in [0.717, 1.165) is 26.2 Å². The molecule has 6 nitrogen and oxygen atoms in total. The molecule has 3 N–H and O–H groups in total. The Balaban J connectivity index is 2.06. The van der Waals surface area contributed by atoms with Gasteiger partial charge < -0.3 is 20.9 Å². The predicted octanol–water partition coefficient (Wildman–Crippen LogP) is -1.38. The van der Waals surface area contributed by atoms with Crippen molar-refractivity contribution in [2.75, 3.05) is 46.3 Å². The van der Waals surface area contributed by atoms with Crippen molar-refractivity contribution in [1.82, 2.24) is 15.1 Å². The maximum absolute atomic E-state index is 11.8. The van der Waals surface area contributed by atoms with E-state index in [1.54, 1.807) is 0 Å². The SMILES string of the molecule is CN1CCN(C(=O)CNCCCC(N)=O)CC1. The molecule has 98 valence electrons. The van der Waals surface area contributed by atoms with Crippen molar-refractivity contribution >= 4 is 11.8 Å². The van der Waals surface area contributed by atoms with Crippen molar-refractivity contribution in [3.63, 3.8) is 0 Å². The molecule has 1 heterocycles. The third-order valence-corrected chi connectivity index (χ3v) is 2.91. The molecule has 0 saturated carbocycles. The number of hydrogen-bond acceptors (Lipinski definition) is 4. The third kappa shape index (κ3) is 5.65. The molecule has 0 aliphatic carbocycles. The van der Waals surface area contributed by atoms with E-state index < -0.39 is 0 Å². The van der Waals surface area contributed by atoms with E-state index in [2.05, 4.69) is 17.3 Å². The van der Waals surface area contributed by atoms with Gasteiger partial charge in [-0.3, -0.25) is 9.59 Å². The highest BCUT2D eigenvalue weighted by atomic mass is 16.2. The van der Waals surface area contributed by atoms with Crippen LogP contribution in [0.15, 0.2) is 0 Å². The molecule has 17 heavy (non-hydrogen) atoms. The van der Waals surface area contributed by atoms with Crippen LogP contribution in [0.4, 0.5) is 0 Å². The van der Waals surface area contributed by atoms with Gasteiger partial charge >= 0.3 is 0 Å². The van der Waals surface area contributed by atoms with E-state index >= 15 is 0 Å². The van der Waals surface area contributed by atoms with Gasteiger partial charge in [-0.2, -0.15) is 0 Å². The lowest BCUT2D eigenvalue weighted by Gasteiger charge is -2.32. The maximum Gasteiger partial charge on any atom is 0.236 e. The lowest BCUT2D eigenvalue weighted by atomic mass is 10.3. The van der Waals surface area contributed by atoms with Crippen LogP contribution in [0.5, 0.6) is 0 Å². The lowest BCUT2D eigenvalue weighted by Crippen LogP contribution is -2.49. The van der Waals surface area contributed by atoms with Gasteiger partial charge in [0.2, 0.25) is 11.8 Å². The zero-order valence-corrected chi connectivity index (χ0v) is 10.4. The molecule has 1 aliphatic heterocycles. The first-order valence-corrected chi connectivity index (χ1v) is 6.05. The molecule has 0 aromatic heterocycles. The summed E-state index contributed by atoms with van der Waals surface area (Å²) in [6.45, 7) is 4.49. The highest BCUT2D eigenvalue weighted by molar-refractivity contribution is 5.78. The molecule has 0 spiro atoms. The van der Waals surface area contributed by atoms with Gasteiger partial charge in [0.25, 0.3) is 0 Å². The molecular weight excluding hydrogens is 220 g/mol. The molecule has 1 aliphatic rings. The summed E-state index contributed by atoms with van der Waals surface area (Å²) in [5.74, 6) is -0.158. The number of amides is 2. The van der Waals surface area contributed by atoms with Crippen molar-refractivity contribution in [2.45, 2.75) is 12.8 Å². The van der Waals surface area contributed by atoms with E-state index in [1.165, 1.54) is 0 Å². The maximum atomic E-state index is 11.8. The van der Waals surface area contributed by atoms with Crippen molar-refractivity contribution in [3.05, 3.63) is 0 Å². The van der Waals surface area contributed by atoms with E-state index in [9.17, 15) is 9.59 Å². The molecule has 0 atom stereocenters. The molecule has 1 saturated heterocycles. The zero-order chi connectivity index (χ0) is 12.7. The fourth-order valence-electron chi connectivity index (χ4n) is 1.75. The second-order valence-electron chi connectivity index (χ2n) is 4.43. The Morgan fingerprint density at radius 3 is 2.47 bits per heavy atom. The minimum absolute atomic E-state index is 0.136. The fourth-order valence-corrected chi connectivity index (χ4v) is 1.75. The van der Waals surface area contributed by atoms with Gasteiger partial charge in [0.05, 0.1) is 6.54 Å². The van der Waals surface area contributed by atoms with Gasteiger partial charge in [-0.15, -0.1) is 0 Å². The topological polar surface area (TPSA) is 78.7 Å². The van der Waals surface area contributed by atoms with Crippen LogP contribution >= 0.6 is 0 Å². The normalized spacial score (nSPS) is 17.1. The number of carbonyl (C=O) groups excluding carboxylic acids is 2. The minimum Gasteiger partial charge on any atom is -0.370 e. The van der Waals surface area contributed by atoms with Crippen molar-refractivity contribution < 1.29 is 9.59 Å². The number of carbonyl (C=O) groups is 2. The van der Waals surface area contributed by atoms with Crippen LogP contribution in [0.3, 0.4) is 0 Å². The first-order valence-electron chi connectivity index (χ1n) is 6.05. The molecule has 0 radical (unpaired) electrons. The molecule has 0 bridgehead atoms. The molecule has 1 rings (SSSR count). The first-order chi connectivity index (χ1) is 8.09. The average Bonchev–Trinajstić information content (AvgIpc) is 2.29. The van der Waals surface area contributed by atoms with Gasteiger partial charge in [0.1, 0.15) is 0 Å². The number of nitrogens with two attached hydrogens (primary N) is 1. The third-order valence-electron chi connectivity index (χ3n) is 2.91. The summed E-state index contributed by atoms with van der Waals surface area (Å²) >= 11 is 0. The summed E-state index contributed by atoms with van der Waals surface area (Å²) < 4.78 is 0. The summed E-state index contributed by atoms with van der Waals surface area (Å²) in [5, 5.41) is 3.04. The fraction of sp³-hybridized carbons (Fsp3) is 0.818. The van der Waals surface area contributed by atoms with E-state index in [0.29, 0.717) is 25.9 Å². The second kappa shape index (κ2) is 7.24. The Morgan fingerprint density at radius 2 is 1.88 bits per heavy atom. The molecule has 0 aromatic rings. The van der Waals surface area contributed by atoms with Gasteiger partial charge in [-0.1, -0.05) is 0 Å². The number of hydrogen-bond donors (Lipinski definition) is 2. The summed E-state index contributed by atoms with van der Waals surface area (Å²) in [7, 11) is 2.06. The van der Waals surface area contributed by atoms with Crippen LogP contribution in [-0.2, 0) is 9.59 Å². The summed E-state index contributed by atoms with van der Waals surface area (Å²) in [6.07, 6.45) is 1.06. The monoisotopic (exact) mass is 242 g/mol. The predicted molar refractivity (Wildman–Crippen MR) is 65.4 cm³/mol. The second-order valence-corrected chi connectivity index (χ2v) is 4.43. The summed E-state index contributed by atoms with van der Waals surface area (Å²) in [5.41, 5.74) is 5.02. The van der Waals surface area contributed by atoms with E-state index in [1.807, 2.05) is 4.90 Å². The van der Waals surface area contributed by atoms with Crippen molar-refractivity contribution in [2.24, 2.45) is 5.73 Å². The number of likely N-dealkylation sites (N-methyl/N-ethyl adjacent to an activating group) is 1. The highest BCUT2D eigenvalue weighted by Gasteiger charge is 2.18. The largest absolute Gasteiger partial charge is 0.370 e. The van der Waals surface area contributed by atoms with Crippen LogP contribution in [0, 0.1) is 0 Å².